The molecular formula is C15H16N4O7. The van der Waals surface area contributed by atoms with Crippen molar-refractivity contribution < 1.29 is 29.1 Å². The molecule has 0 radical (unpaired) electrons. The minimum atomic E-state index is -1.25. The molecule has 0 aliphatic heterocycles. The molecule has 2 rings (SSSR count). The van der Waals surface area contributed by atoms with Crippen molar-refractivity contribution in [3.8, 4) is 11.5 Å². The van der Waals surface area contributed by atoms with Crippen LogP contribution in [0.4, 0.5) is 11.4 Å². The van der Waals surface area contributed by atoms with Crippen LogP contribution >= 0.6 is 0 Å². The Bertz CT molecular complexity index is 904. The van der Waals surface area contributed by atoms with Crippen molar-refractivity contribution in [1.82, 2.24) is 9.78 Å². The lowest BCUT2D eigenvalue weighted by molar-refractivity contribution is -0.385. The van der Waals surface area contributed by atoms with Gasteiger partial charge >= 0.3 is 11.7 Å². The van der Waals surface area contributed by atoms with Gasteiger partial charge in [0, 0.05) is 7.05 Å². The van der Waals surface area contributed by atoms with E-state index in [9.17, 15) is 24.8 Å². The Kier molecular flexibility index (Phi) is 5.10. The van der Waals surface area contributed by atoms with Gasteiger partial charge in [-0.15, -0.1) is 0 Å². The number of nitrogens with zero attached hydrogens (tertiary/aromatic N) is 3. The Labute approximate surface area is 147 Å². The molecular weight excluding hydrogens is 348 g/mol. The normalized spacial score (nSPS) is 10.3. The van der Waals surface area contributed by atoms with Crippen molar-refractivity contribution in [1.29, 1.82) is 0 Å². The first-order valence-electron chi connectivity index (χ1n) is 7.19. The molecule has 0 saturated carbocycles. The molecule has 0 spiro atoms. The first-order chi connectivity index (χ1) is 12.2. The standard InChI is InChI=1S/C15H16N4O7/c1-7-11(19(23)24)12(18(2)17-7)14(20)16-9-5-8(15(21)22)6-10(25-3)13(9)26-4/h5-6H,1-4H3,(H,16,20)(H,21,22). The van der Waals surface area contributed by atoms with Crippen molar-refractivity contribution in [3.63, 3.8) is 0 Å². The van der Waals surface area contributed by atoms with Gasteiger partial charge < -0.3 is 19.9 Å². The second-order valence-corrected chi connectivity index (χ2v) is 5.18. The van der Waals surface area contributed by atoms with Gasteiger partial charge in [0.15, 0.2) is 11.5 Å². The van der Waals surface area contributed by atoms with Gasteiger partial charge in [0.1, 0.15) is 5.69 Å². The third-order valence-corrected chi connectivity index (χ3v) is 3.56. The maximum Gasteiger partial charge on any atom is 0.335 e. The van der Waals surface area contributed by atoms with E-state index in [1.165, 1.54) is 34.3 Å². The van der Waals surface area contributed by atoms with Crippen LogP contribution in [0.25, 0.3) is 0 Å². The summed E-state index contributed by atoms with van der Waals surface area (Å²) in [6.45, 7) is 1.41. The highest BCUT2D eigenvalue weighted by Gasteiger charge is 2.30. The quantitative estimate of drug-likeness (QED) is 0.580. The Hall–Kier alpha value is -3.63. The van der Waals surface area contributed by atoms with Gasteiger partial charge in [-0.1, -0.05) is 0 Å². The van der Waals surface area contributed by atoms with E-state index < -0.39 is 22.5 Å². The maximum atomic E-state index is 12.6. The predicted octanol–water partition coefficient (Wildman–Crippen LogP) is 1.60. The number of carbonyl (C=O) groups excluding carboxylic acids is 1. The summed E-state index contributed by atoms with van der Waals surface area (Å²) in [5.74, 6) is -1.93. The van der Waals surface area contributed by atoms with E-state index in [1.54, 1.807) is 0 Å². The molecule has 0 unspecified atom stereocenters. The van der Waals surface area contributed by atoms with E-state index in [4.69, 9.17) is 9.47 Å². The zero-order valence-corrected chi connectivity index (χ0v) is 14.4. The van der Waals surface area contributed by atoms with Crippen LogP contribution in [0.1, 0.15) is 26.5 Å². The van der Waals surface area contributed by atoms with Crippen molar-refractivity contribution in [3.05, 3.63) is 39.2 Å². The Morgan fingerprint density at radius 2 is 1.96 bits per heavy atom. The number of nitro groups is 1. The first kappa shape index (κ1) is 18.7. The number of anilines is 1. The molecule has 0 aliphatic rings. The summed E-state index contributed by atoms with van der Waals surface area (Å²) in [4.78, 5) is 34.4. The zero-order valence-electron chi connectivity index (χ0n) is 14.4. The molecule has 11 heteroatoms. The van der Waals surface area contributed by atoms with E-state index in [0.717, 1.165) is 10.7 Å². The first-order valence-corrected chi connectivity index (χ1v) is 7.19. The number of carboxylic acid groups (broad SMARTS) is 1. The number of aromatic nitrogens is 2. The van der Waals surface area contributed by atoms with Crippen LogP contribution in [-0.2, 0) is 7.05 Å². The van der Waals surface area contributed by atoms with E-state index in [0.29, 0.717) is 0 Å². The summed E-state index contributed by atoms with van der Waals surface area (Å²) in [5, 5.41) is 26.7. The van der Waals surface area contributed by atoms with Crippen LogP contribution in [0.2, 0.25) is 0 Å². The van der Waals surface area contributed by atoms with Crippen LogP contribution < -0.4 is 14.8 Å². The van der Waals surface area contributed by atoms with Gasteiger partial charge in [-0.2, -0.15) is 5.10 Å². The van der Waals surface area contributed by atoms with Gasteiger partial charge in [-0.25, -0.2) is 4.79 Å². The monoisotopic (exact) mass is 364 g/mol. The molecule has 0 fully saturated rings. The van der Waals surface area contributed by atoms with E-state index in [1.807, 2.05) is 0 Å². The number of carbonyl (C=O) groups is 2. The highest BCUT2D eigenvalue weighted by atomic mass is 16.6. The van der Waals surface area contributed by atoms with Gasteiger partial charge in [-0.05, 0) is 19.1 Å². The number of hydrogen-bond acceptors (Lipinski definition) is 7. The maximum absolute atomic E-state index is 12.6. The number of benzene rings is 1. The molecule has 1 heterocycles. The molecule has 0 saturated heterocycles. The van der Waals surface area contributed by atoms with Crippen molar-refractivity contribution in [2.75, 3.05) is 19.5 Å². The molecule has 11 nitrogen and oxygen atoms in total. The average Bonchev–Trinajstić information content (AvgIpc) is 2.88. The largest absolute Gasteiger partial charge is 0.493 e. The minimum Gasteiger partial charge on any atom is -0.493 e. The summed E-state index contributed by atoms with van der Waals surface area (Å²) in [6, 6.07) is 2.39. The molecule has 0 bridgehead atoms. The van der Waals surface area contributed by atoms with Gasteiger partial charge in [0.2, 0.25) is 5.69 Å². The fraction of sp³-hybridized carbons (Fsp3) is 0.267. The number of nitrogens with one attached hydrogen (secondary N) is 1. The predicted molar refractivity (Wildman–Crippen MR) is 89.1 cm³/mol. The summed E-state index contributed by atoms with van der Waals surface area (Å²) in [5.41, 5.74) is -0.818. The summed E-state index contributed by atoms with van der Waals surface area (Å²) in [7, 11) is 4.01. The minimum absolute atomic E-state index is 0.0117. The Morgan fingerprint density at radius 1 is 1.31 bits per heavy atom. The van der Waals surface area contributed by atoms with E-state index in [-0.39, 0.29) is 34.1 Å². The van der Waals surface area contributed by atoms with Crippen LogP contribution in [0.15, 0.2) is 12.1 Å². The number of carboxylic acids is 1. The molecule has 1 aromatic heterocycles. The Balaban J connectivity index is 2.55. The molecule has 0 aliphatic carbocycles. The fourth-order valence-electron chi connectivity index (χ4n) is 2.48. The number of aryl methyl sites for hydroxylation is 2. The smallest absolute Gasteiger partial charge is 0.335 e. The van der Waals surface area contributed by atoms with Crippen LogP contribution in [0.3, 0.4) is 0 Å². The van der Waals surface area contributed by atoms with E-state index in [2.05, 4.69) is 10.4 Å². The highest BCUT2D eigenvalue weighted by Crippen LogP contribution is 2.37. The number of amides is 1. The van der Waals surface area contributed by atoms with Crippen LogP contribution in [0, 0.1) is 17.0 Å². The summed E-state index contributed by atoms with van der Waals surface area (Å²) >= 11 is 0. The number of methoxy groups -OCH3 is 2. The molecule has 138 valence electrons. The second kappa shape index (κ2) is 7.09. The summed E-state index contributed by atoms with van der Waals surface area (Å²) in [6.07, 6.45) is 0. The third-order valence-electron chi connectivity index (χ3n) is 3.56. The highest BCUT2D eigenvalue weighted by molar-refractivity contribution is 6.07. The third kappa shape index (κ3) is 3.27. The second-order valence-electron chi connectivity index (χ2n) is 5.18. The number of ether oxygens (including phenoxy) is 2. The van der Waals surface area contributed by atoms with Gasteiger partial charge in [0.05, 0.1) is 30.4 Å². The molecule has 1 aromatic carbocycles. The Morgan fingerprint density at radius 3 is 2.46 bits per heavy atom. The van der Waals surface area contributed by atoms with Crippen molar-refractivity contribution in [2.24, 2.45) is 7.05 Å². The van der Waals surface area contributed by atoms with Crippen molar-refractivity contribution >= 4 is 23.3 Å². The van der Waals surface area contributed by atoms with Crippen molar-refractivity contribution in [2.45, 2.75) is 6.92 Å². The lowest BCUT2D eigenvalue weighted by Crippen LogP contribution is -2.18. The SMILES string of the molecule is COc1cc(C(=O)O)cc(NC(=O)c2c([N+](=O)[O-])c(C)nn2C)c1OC. The molecule has 0 atom stereocenters. The molecule has 2 aromatic rings. The van der Waals surface area contributed by atoms with Gasteiger partial charge in [0.25, 0.3) is 5.91 Å². The lowest BCUT2D eigenvalue weighted by Gasteiger charge is -2.14. The number of rotatable bonds is 6. The molecule has 2 N–H and O–H groups in total. The zero-order chi connectivity index (χ0) is 19.6. The summed E-state index contributed by atoms with van der Waals surface area (Å²) < 4.78 is 11.3. The number of hydrogen-bond donors (Lipinski definition) is 2. The average molecular weight is 364 g/mol. The lowest BCUT2D eigenvalue weighted by atomic mass is 10.1. The fourth-order valence-corrected chi connectivity index (χ4v) is 2.48. The number of aromatic carboxylic acids is 1. The van der Waals surface area contributed by atoms with Crippen LogP contribution in [-0.4, -0.2) is 45.9 Å². The van der Waals surface area contributed by atoms with Gasteiger partial charge in [-0.3, -0.25) is 19.6 Å². The van der Waals surface area contributed by atoms with E-state index >= 15 is 0 Å². The molecule has 1 amide bonds. The van der Waals surface area contributed by atoms with Crippen LogP contribution in [0.5, 0.6) is 11.5 Å². The topological polar surface area (TPSA) is 146 Å². The molecule has 26 heavy (non-hydrogen) atoms.